The first-order valence-corrected chi connectivity index (χ1v) is 13.1. The smallest absolute Gasteiger partial charge is 0.234 e. The van der Waals surface area contributed by atoms with Gasteiger partial charge < -0.3 is 14.6 Å². The van der Waals surface area contributed by atoms with Gasteiger partial charge in [-0.1, -0.05) is 55.9 Å². The van der Waals surface area contributed by atoms with Crippen LogP contribution in [0.25, 0.3) is 10.8 Å². The molecule has 4 rings (SSSR count). The minimum Gasteiger partial charge on any atom is -0.485 e. The van der Waals surface area contributed by atoms with Crippen molar-refractivity contribution in [3.05, 3.63) is 75.1 Å². The summed E-state index contributed by atoms with van der Waals surface area (Å²) in [6.45, 7) is 6.61. The van der Waals surface area contributed by atoms with Crippen LogP contribution in [0.2, 0.25) is 0 Å². The van der Waals surface area contributed by atoms with Crippen molar-refractivity contribution in [2.75, 3.05) is 11.1 Å². The van der Waals surface area contributed by atoms with Gasteiger partial charge in [-0.3, -0.25) is 4.79 Å². The molecule has 34 heavy (non-hydrogen) atoms. The van der Waals surface area contributed by atoms with E-state index in [0.29, 0.717) is 23.5 Å². The Hall–Kier alpha value is -2.59. The Kier molecular flexibility index (Phi) is 7.77. The van der Waals surface area contributed by atoms with E-state index in [4.69, 9.17) is 4.74 Å². The molecule has 1 heterocycles. The summed E-state index contributed by atoms with van der Waals surface area (Å²) in [5, 5.41) is 14.6. The molecule has 6 nitrogen and oxygen atoms in total. The molecule has 0 aliphatic heterocycles. The predicted octanol–water partition coefficient (Wildman–Crippen LogP) is 6.31. The number of nitrogens with zero attached hydrogens (tertiary/aromatic N) is 3. The Morgan fingerprint density at radius 3 is 2.74 bits per heavy atom. The number of hydrogen-bond donors (Lipinski definition) is 1. The lowest BCUT2D eigenvalue weighted by Crippen LogP contribution is -2.16. The quantitative estimate of drug-likeness (QED) is 0.194. The topological polar surface area (TPSA) is 69.0 Å². The largest absolute Gasteiger partial charge is 0.485 e. The molecule has 0 saturated carbocycles. The van der Waals surface area contributed by atoms with Gasteiger partial charge in [0, 0.05) is 16.3 Å². The van der Waals surface area contributed by atoms with Gasteiger partial charge in [0.05, 0.1) is 5.75 Å². The molecule has 0 spiro atoms. The third kappa shape index (κ3) is 5.55. The van der Waals surface area contributed by atoms with E-state index in [1.54, 1.807) is 0 Å². The highest BCUT2D eigenvalue weighted by Crippen LogP contribution is 2.29. The highest BCUT2D eigenvalue weighted by molar-refractivity contribution is 14.1. The number of anilines is 1. The van der Waals surface area contributed by atoms with Gasteiger partial charge in [-0.15, -0.1) is 10.2 Å². The molecule has 3 aromatic carbocycles. The number of thioether (sulfide) groups is 1. The third-order valence-electron chi connectivity index (χ3n) is 5.67. The molecule has 0 bridgehead atoms. The van der Waals surface area contributed by atoms with Crippen molar-refractivity contribution >= 4 is 56.7 Å². The summed E-state index contributed by atoms with van der Waals surface area (Å²) in [6, 6.07) is 18.4. The van der Waals surface area contributed by atoms with E-state index in [1.807, 2.05) is 41.9 Å². The zero-order chi connectivity index (χ0) is 24.2. The molecule has 0 aliphatic carbocycles. The van der Waals surface area contributed by atoms with Gasteiger partial charge in [-0.05, 0) is 81.6 Å². The molecule has 0 atom stereocenters. The van der Waals surface area contributed by atoms with Gasteiger partial charge in [0.25, 0.3) is 0 Å². The van der Waals surface area contributed by atoms with Crippen LogP contribution in [-0.4, -0.2) is 26.4 Å². The standard InChI is InChI=1S/C26H27IN4O2S/c1-16(2)21-13-19(27)10-11-22(21)28-25(32)15-34-26-30-29-24(31(26)4)14-33-23-12-9-18-7-5-6-8-20(18)17(23)3/h5-13,16H,14-15H2,1-4H3,(H,28,32). The van der Waals surface area contributed by atoms with Crippen LogP contribution in [0.4, 0.5) is 5.69 Å². The Bertz CT molecular complexity index is 1340. The van der Waals surface area contributed by atoms with E-state index in [9.17, 15) is 4.79 Å². The maximum atomic E-state index is 12.6. The minimum atomic E-state index is -0.0688. The van der Waals surface area contributed by atoms with E-state index in [1.165, 1.54) is 22.5 Å². The van der Waals surface area contributed by atoms with Crippen molar-refractivity contribution < 1.29 is 9.53 Å². The van der Waals surface area contributed by atoms with Crippen molar-refractivity contribution in [3.63, 3.8) is 0 Å². The molecular formula is C26H27IN4O2S. The van der Waals surface area contributed by atoms with E-state index >= 15 is 0 Å². The van der Waals surface area contributed by atoms with Gasteiger partial charge in [-0.2, -0.15) is 0 Å². The first-order chi connectivity index (χ1) is 16.3. The molecule has 176 valence electrons. The normalized spacial score (nSPS) is 11.2. The summed E-state index contributed by atoms with van der Waals surface area (Å²) in [5.41, 5.74) is 3.09. The van der Waals surface area contributed by atoms with Gasteiger partial charge in [0.15, 0.2) is 11.0 Å². The van der Waals surface area contributed by atoms with Crippen LogP contribution in [0.5, 0.6) is 5.75 Å². The van der Waals surface area contributed by atoms with Gasteiger partial charge in [0.1, 0.15) is 12.4 Å². The summed E-state index contributed by atoms with van der Waals surface area (Å²) < 4.78 is 9.09. The number of halogens is 1. The number of nitrogens with one attached hydrogen (secondary N) is 1. The van der Waals surface area contributed by atoms with Crippen LogP contribution in [0.3, 0.4) is 0 Å². The third-order valence-corrected chi connectivity index (χ3v) is 7.36. The van der Waals surface area contributed by atoms with Crippen molar-refractivity contribution in [2.45, 2.75) is 38.5 Å². The Labute approximate surface area is 217 Å². The summed E-state index contributed by atoms with van der Waals surface area (Å²) >= 11 is 3.65. The second-order valence-electron chi connectivity index (χ2n) is 8.38. The second-order valence-corrected chi connectivity index (χ2v) is 10.6. The Morgan fingerprint density at radius 1 is 1.15 bits per heavy atom. The average molecular weight is 586 g/mol. The fraction of sp³-hybridized carbons (Fsp3) is 0.269. The van der Waals surface area contributed by atoms with Gasteiger partial charge in [0.2, 0.25) is 5.91 Å². The van der Waals surface area contributed by atoms with Crippen LogP contribution < -0.4 is 10.1 Å². The number of aryl methyl sites for hydroxylation is 1. The number of amides is 1. The molecule has 1 amide bonds. The highest BCUT2D eigenvalue weighted by Gasteiger charge is 2.15. The van der Waals surface area contributed by atoms with Crippen molar-refractivity contribution in [3.8, 4) is 5.75 Å². The van der Waals surface area contributed by atoms with Crippen molar-refractivity contribution in [1.29, 1.82) is 0 Å². The Morgan fingerprint density at radius 2 is 1.94 bits per heavy atom. The SMILES string of the molecule is Cc1c(OCc2nnc(SCC(=O)Nc3ccc(I)cc3C(C)C)n2C)ccc2ccccc12. The van der Waals surface area contributed by atoms with E-state index in [-0.39, 0.29) is 11.7 Å². The van der Waals surface area contributed by atoms with Crippen LogP contribution >= 0.6 is 34.4 Å². The number of carbonyl (C=O) groups excluding carboxylic acids is 1. The number of hydrogen-bond acceptors (Lipinski definition) is 5. The number of fused-ring (bicyclic) bond motifs is 1. The lowest BCUT2D eigenvalue weighted by Gasteiger charge is -2.14. The molecule has 4 aromatic rings. The number of ether oxygens (including phenoxy) is 1. The molecule has 0 fully saturated rings. The lowest BCUT2D eigenvalue weighted by molar-refractivity contribution is -0.113. The molecule has 1 N–H and O–H groups in total. The molecular weight excluding hydrogens is 559 g/mol. The van der Waals surface area contributed by atoms with Gasteiger partial charge >= 0.3 is 0 Å². The summed E-state index contributed by atoms with van der Waals surface area (Å²) in [7, 11) is 1.89. The first-order valence-electron chi connectivity index (χ1n) is 11.0. The summed E-state index contributed by atoms with van der Waals surface area (Å²) in [6.07, 6.45) is 0. The van der Waals surface area contributed by atoms with Crippen molar-refractivity contribution in [1.82, 2.24) is 14.8 Å². The fourth-order valence-electron chi connectivity index (χ4n) is 3.74. The minimum absolute atomic E-state index is 0.0688. The number of aromatic nitrogens is 3. The number of rotatable bonds is 8. The Balaban J connectivity index is 1.37. The summed E-state index contributed by atoms with van der Waals surface area (Å²) in [4.78, 5) is 12.6. The van der Waals surface area contributed by atoms with E-state index < -0.39 is 0 Å². The molecule has 0 unspecified atom stereocenters. The predicted molar refractivity (Wildman–Crippen MR) is 147 cm³/mol. The van der Waals surface area contributed by atoms with E-state index in [2.05, 4.69) is 83.1 Å². The summed E-state index contributed by atoms with van der Waals surface area (Å²) in [5.74, 6) is 2.04. The second kappa shape index (κ2) is 10.8. The molecule has 0 radical (unpaired) electrons. The van der Waals surface area contributed by atoms with Crippen LogP contribution in [0, 0.1) is 10.5 Å². The first kappa shape index (κ1) is 24.5. The van der Waals surface area contributed by atoms with Gasteiger partial charge in [-0.25, -0.2) is 0 Å². The van der Waals surface area contributed by atoms with E-state index in [0.717, 1.165) is 26.1 Å². The van der Waals surface area contributed by atoms with Crippen molar-refractivity contribution in [2.24, 2.45) is 7.05 Å². The highest BCUT2D eigenvalue weighted by atomic mass is 127. The van der Waals surface area contributed by atoms with Crippen LogP contribution in [-0.2, 0) is 18.4 Å². The zero-order valence-corrected chi connectivity index (χ0v) is 22.6. The molecule has 0 saturated heterocycles. The maximum Gasteiger partial charge on any atom is 0.234 e. The number of carbonyl (C=O) groups is 1. The zero-order valence-electron chi connectivity index (χ0n) is 19.6. The number of benzene rings is 3. The molecule has 8 heteroatoms. The lowest BCUT2D eigenvalue weighted by atomic mass is 10.0. The van der Waals surface area contributed by atoms with Crippen LogP contribution in [0.15, 0.2) is 59.8 Å². The fourth-order valence-corrected chi connectivity index (χ4v) is 4.99. The maximum absolute atomic E-state index is 12.6. The molecule has 1 aromatic heterocycles. The molecule has 0 aliphatic rings. The monoisotopic (exact) mass is 586 g/mol. The average Bonchev–Trinajstić information content (AvgIpc) is 3.17. The van der Waals surface area contributed by atoms with Crippen LogP contribution in [0.1, 0.15) is 36.7 Å².